The average molecular weight is 406 g/mol. The Labute approximate surface area is 168 Å². The number of aromatic carboxylic acids is 1. The van der Waals surface area contributed by atoms with Crippen molar-refractivity contribution in [2.45, 2.75) is 0 Å². The van der Waals surface area contributed by atoms with E-state index in [0.29, 0.717) is 31.7 Å². The van der Waals surface area contributed by atoms with Crippen LogP contribution in [0.1, 0.15) is 27.2 Å². The molecule has 0 atom stereocenters. The van der Waals surface area contributed by atoms with Gasteiger partial charge in [0.2, 0.25) is 0 Å². The van der Waals surface area contributed by atoms with Crippen molar-refractivity contribution in [1.29, 1.82) is 0 Å². The van der Waals surface area contributed by atoms with Gasteiger partial charge in [0.15, 0.2) is 5.58 Å². The second-order valence-electron chi connectivity index (χ2n) is 5.74. The lowest BCUT2D eigenvalue weighted by molar-refractivity contribution is -0.115. The molecule has 1 aromatic carbocycles. The minimum absolute atomic E-state index is 0.200. The smallest absolute Gasteiger partial charge is 0.335 e. The third kappa shape index (κ3) is 3.67. The van der Waals surface area contributed by atoms with E-state index in [4.69, 9.17) is 21.7 Å². The second kappa shape index (κ2) is 7.31. The number of benzene rings is 1. The number of rotatable bonds is 2. The maximum Gasteiger partial charge on any atom is 0.335 e. The number of thioether (sulfide) groups is 1. The van der Waals surface area contributed by atoms with E-state index in [0.717, 1.165) is 5.39 Å². The molecule has 0 radical (unpaired) electrons. The minimum atomic E-state index is -0.986. The van der Waals surface area contributed by atoms with Crippen molar-refractivity contribution < 1.29 is 19.1 Å². The zero-order valence-electron chi connectivity index (χ0n) is 14.1. The van der Waals surface area contributed by atoms with Gasteiger partial charge in [0.05, 0.1) is 16.0 Å². The highest BCUT2D eigenvalue weighted by Crippen LogP contribution is 2.29. The zero-order chi connectivity index (χ0) is 19.7. The molecule has 3 aromatic rings. The number of carbonyl (C=O) groups excluding carboxylic acids is 1. The zero-order valence-corrected chi connectivity index (χ0v) is 15.7. The van der Waals surface area contributed by atoms with Gasteiger partial charge in [-0.2, -0.15) is 0 Å². The number of carbonyl (C=O) groups is 2. The van der Waals surface area contributed by atoms with E-state index in [-0.39, 0.29) is 11.5 Å². The number of nitrogens with zero attached hydrogens (tertiary/aromatic N) is 1. The number of furan rings is 1. The fourth-order valence-electron chi connectivity index (χ4n) is 2.53. The third-order valence-corrected chi connectivity index (χ3v) is 4.99. The molecule has 0 aliphatic carbocycles. The Morgan fingerprint density at radius 1 is 1.25 bits per heavy atom. The Morgan fingerprint density at radius 2 is 2.04 bits per heavy atom. The van der Waals surface area contributed by atoms with Crippen LogP contribution >= 0.6 is 24.0 Å². The van der Waals surface area contributed by atoms with Crippen LogP contribution in [0.5, 0.6) is 0 Å². The number of nitrogens with one attached hydrogen (secondary N) is 1. The number of hydrogen-bond acceptors (Lipinski definition) is 6. The van der Waals surface area contributed by atoms with E-state index in [1.54, 1.807) is 36.7 Å². The summed E-state index contributed by atoms with van der Waals surface area (Å²) in [6.07, 6.45) is 4.87. The van der Waals surface area contributed by atoms with Gasteiger partial charge in [0.1, 0.15) is 10.1 Å². The molecule has 0 spiro atoms. The number of fused-ring (bicyclic) bond motifs is 1. The fraction of sp³-hybridized carbons (Fsp3) is 0. The molecular weight excluding hydrogens is 396 g/mol. The first-order valence-corrected chi connectivity index (χ1v) is 9.20. The van der Waals surface area contributed by atoms with Gasteiger partial charge in [-0.3, -0.25) is 9.78 Å². The van der Waals surface area contributed by atoms with Crippen molar-refractivity contribution in [2.75, 3.05) is 0 Å². The van der Waals surface area contributed by atoms with Crippen molar-refractivity contribution in [1.82, 2.24) is 10.3 Å². The summed E-state index contributed by atoms with van der Waals surface area (Å²) in [5.74, 6) is 5.23. The summed E-state index contributed by atoms with van der Waals surface area (Å²) in [6, 6.07) is 8.05. The van der Waals surface area contributed by atoms with Gasteiger partial charge in [-0.25, -0.2) is 4.79 Å². The molecule has 2 N–H and O–H groups in total. The van der Waals surface area contributed by atoms with E-state index in [9.17, 15) is 9.59 Å². The molecule has 0 bridgehead atoms. The molecule has 1 aliphatic heterocycles. The van der Waals surface area contributed by atoms with Crippen molar-refractivity contribution >= 4 is 57.2 Å². The topological polar surface area (TPSA) is 92.4 Å². The van der Waals surface area contributed by atoms with Crippen molar-refractivity contribution in [2.24, 2.45) is 0 Å². The molecule has 1 saturated heterocycles. The molecule has 1 aliphatic rings. The average Bonchev–Trinajstić information content (AvgIpc) is 3.22. The highest BCUT2D eigenvalue weighted by molar-refractivity contribution is 8.26. The van der Waals surface area contributed by atoms with E-state index in [1.165, 1.54) is 23.9 Å². The lowest BCUT2D eigenvalue weighted by atomic mass is 10.1. The summed E-state index contributed by atoms with van der Waals surface area (Å²) in [5, 5.41) is 12.3. The predicted molar refractivity (Wildman–Crippen MR) is 110 cm³/mol. The summed E-state index contributed by atoms with van der Waals surface area (Å²) >= 11 is 6.16. The Kier molecular flexibility index (Phi) is 4.69. The van der Waals surface area contributed by atoms with Crippen LogP contribution in [0.4, 0.5) is 0 Å². The number of pyridine rings is 1. The van der Waals surface area contributed by atoms with Gasteiger partial charge < -0.3 is 14.8 Å². The van der Waals surface area contributed by atoms with Crippen LogP contribution < -0.4 is 5.32 Å². The first kappa shape index (κ1) is 18.0. The first-order valence-electron chi connectivity index (χ1n) is 7.97. The Hall–Kier alpha value is -3.41. The first-order chi connectivity index (χ1) is 13.5. The van der Waals surface area contributed by atoms with E-state index in [1.807, 2.05) is 0 Å². The van der Waals surface area contributed by atoms with Crippen molar-refractivity contribution in [3.05, 3.63) is 70.1 Å². The quantitative estimate of drug-likeness (QED) is 0.383. The number of hydrogen-bond donors (Lipinski definition) is 2. The van der Waals surface area contributed by atoms with Gasteiger partial charge >= 0.3 is 5.97 Å². The number of aromatic nitrogens is 1. The largest absolute Gasteiger partial charge is 0.478 e. The number of amides is 1. The molecule has 8 heteroatoms. The molecule has 1 fully saturated rings. The SMILES string of the molecule is O=C1NC(=S)S/C1=C/c1cc2cncc(C#Cc3ccc(C(=O)O)cc3)c2o1. The van der Waals surface area contributed by atoms with Crippen LogP contribution in [0.25, 0.3) is 17.0 Å². The normalized spacial score (nSPS) is 14.8. The summed E-state index contributed by atoms with van der Waals surface area (Å²) < 4.78 is 6.26. The van der Waals surface area contributed by atoms with E-state index < -0.39 is 5.97 Å². The summed E-state index contributed by atoms with van der Waals surface area (Å²) in [4.78, 5) is 27.3. The number of carboxylic acids is 1. The Bertz CT molecular complexity index is 1230. The molecule has 0 saturated carbocycles. The third-order valence-electron chi connectivity index (χ3n) is 3.83. The lowest BCUT2D eigenvalue weighted by Crippen LogP contribution is -2.17. The van der Waals surface area contributed by atoms with Gasteiger partial charge in [-0.1, -0.05) is 35.8 Å². The van der Waals surface area contributed by atoms with Gasteiger partial charge in [0.25, 0.3) is 5.91 Å². The highest BCUT2D eigenvalue weighted by Gasteiger charge is 2.22. The van der Waals surface area contributed by atoms with Crippen LogP contribution in [-0.4, -0.2) is 26.3 Å². The summed E-state index contributed by atoms with van der Waals surface area (Å²) in [7, 11) is 0. The molecule has 2 aromatic heterocycles. The maximum atomic E-state index is 11.8. The van der Waals surface area contributed by atoms with Gasteiger partial charge in [-0.05, 0) is 30.3 Å². The summed E-state index contributed by atoms with van der Waals surface area (Å²) in [5.41, 5.74) is 2.01. The minimum Gasteiger partial charge on any atom is -0.478 e. The molecule has 6 nitrogen and oxygen atoms in total. The summed E-state index contributed by atoms with van der Waals surface area (Å²) in [6.45, 7) is 0. The Balaban J connectivity index is 1.67. The molecule has 1 amide bonds. The van der Waals surface area contributed by atoms with Crippen LogP contribution in [0, 0.1) is 11.8 Å². The van der Waals surface area contributed by atoms with Gasteiger partial charge in [-0.15, -0.1) is 0 Å². The lowest BCUT2D eigenvalue weighted by Gasteiger charge is -1.94. The van der Waals surface area contributed by atoms with Crippen LogP contribution in [-0.2, 0) is 4.79 Å². The van der Waals surface area contributed by atoms with E-state index >= 15 is 0 Å². The Morgan fingerprint density at radius 3 is 2.71 bits per heavy atom. The molecular formula is C20H10N2O4S2. The molecule has 3 heterocycles. The van der Waals surface area contributed by atoms with Crippen LogP contribution in [0.2, 0.25) is 0 Å². The van der Waals surface area contributed by atoms with Crippen LogP contribution in [0.15, 0.2) is 52.0 Å². The fourth-order valence-corrected chi connectivity index (χ4v) is 3.55. The standard InChI is InChI=1S/C20H10N2O4S2/c23-18-16(28-20(27)22-18)8-15-7-14-10-21-9-13(17(14)26-15)6-3-11-1-4-12(5-2-11)19(24)25/h1-2,4-5,7-10H,(H,24,25)(H,22,23,27)/b16-8+. The molecule has 136 valence electrons. The molecule has 28 heavy (non-hydrogen) atoms. The highest BCUT2D eigenvalue weighted by atomic mass is 32.2. The predicted octanol–water partition coefficient (Wildman–Crippen LogP) is 3.41. The maximum absolute atomic E-state index is 11.8. The second-order valence-corrected chi connectivity index (χ2v) is 7.46. The monoisotopic (exact) mass is 406 g/mol. The van der Waals surface area contributed by atoms with Gasteiger partial charge in [0, 0.05) is 29.4 Å². The number of carboxylic acid groups (broad SMARTS) is 1. The number of thiocarbonyl (C=S) groups is 1. The van der Waals surface area contributed by atoms with Crippen molar-refractivity contribution in [3.63, 3.8) is 0 Å². The van der Waals surface area contributed by atoms with Crippen molar-refractivity contribution in [3.8, 4) is 11.8 Å². The molecule has 4 rings (SSSR count). The molecule has 0 unspecified atom stereocenters. The van der Waals surface area contributed by atoms with Crippen LogP contribution in [0.3, 0.4) is 0 Å². The van der Waals surface area contributed by atoms with E-state index in [2.05, 4.69) is 22.1 Å².